The number of rotatable bonds is 5. The van der Waals surface area contributed by atoms with Gasteiger partial charge in [0, 0.05) is 0 Å². The first kappa shape index (κ1) is 14.6. The predicted octanol–water partition coefficient (Wildman–Crippen LogP) is 5.56. The van der Waals surface area contributed by atoms with Gasteiger partial charge in [0.25, 0.3) is 0 Å². The standard InChI is InChI=1S/C22H22/c1-18-12-14-21(15-13-18)22(16-19-8-4-2-5-9-19)17-20-10-6-3-7-11-20/h2-15,22H,16-17H2,1H3. The van der Waals surface area contributed by atoms with Crippen molar-refractivity contribution < 1.29 is 0 Å². The maximum atomic E-state index is 2.28. The second-order valence-corrected chi connectivity index (χ2v) is 5.99. The topological polar surface area (TPSA) is 0 Å². The molecular formula is C22H22. The predicted molar refractivity (Wildman–Crippen MR) is 94.2 cm³/mol. The zero-order valence-corrected chi connectivity index (χ0v) is 13.1. The van der Waals surface area contributed by atoms with Gasteiger partial charge in [-0.25, -0.2) is 0 Å². The van der Waals surface area contributed by atoms with E-state index in [2.05, 4.69) is 91.9 Å². The molecule has 0 aliphatic carbocycles. The zero-order chi connectivity index (χ0) is 15.2. The lowest BCUT2D eigenvalue weighted by atomic mass is 9.86. The van der Waals surface area contributed by atoms with Gasteiger partial charge in [0.2, 0.25) is 0 Å². The quantitative estimate of drug-likeness (QED) is 0.575. The van der Waals surface area contributed by atoms with E-state index in [1.54, 1.807) is 0 Å². The summed E-state index contributed by atoms with van der Waals surface area (Å²) in [6, 6.07) is 30.6. The first-order valence-electron chi connectivity index (χ1n) is 7.96. The molecule has 0 aliphatic heterocycles. The molecule has 0 amide bonds. The van der Waals surface area contributed by atoms with E-state index in [1.807, 2.05) is 0 Å². The Balaban J connectivity index is 1.86. The van der Waals surface area contributed by atoms with Crippen LogP contribution in [0.2, 0.25) is 0 Å². The molecule has 0 aromatic heterocycles. The molecule has 3 aromatic rings. The van der Waals surface area contributed by atoms with E-state index in [-0.39, 0.29) is 0 Å². The minimum absolute atomic E-state index is 0.519. The van der Waals surface area contributed by atoms with Gasteiger partial charge in [-0.3, -0.25) is 0 Å². The van der Waals surface area contributed by atoms with Crippen LogP contribution in [-0.4, -0.2) is 0 Å². The maximum absolute atomic E-state index is 2.28. The Kier molecular flexibility index (Phi) is 4.70. The molecule has 0 fully saturated rings. The molecule has 0 unspecified atom stereocenters. The normalized spacial score (nSPS) is 10.8. The minimum Gasteiger partial charge on any atom is -0.0622 e. The van der Waals surface area contributed by atoms with Crippen LogP contribution in [0.3, 0.4) is 0 Å². The molecule has 0 heterocycles. The SMILES string of the molecule is Cc1ccc(C(Cc2ccccc2)Cc2ccccc2)cc1. The van der Waals surface area contributed by atoms with Gasteiger partial charge < -0.3 is 0 Å². The lowest BCUT2D eigenvalue weighted by Crippen LogP contribution is -2.07. The fourth-order valence-corrected chi connectivity index (χ4v) is 2.94. The molecule has 0 N–H and O–H groups in total. The molecule has 0 saturated carbocycles. The van der Waals surface area contributed by atoms with Crippen LogP contribution >= 0.6 is 0 Å². The summed E-state index contributed by atoms with van der Waals surface area (Å²) in [5.41, 5.74) is 5.56. The third-order valence-electron chi connectivity index (χ3n) is 4.20. The molecule has 110 valence electrons. The summed E-state index contributed by atoms with van der Waals surface area (Å²) >= 11 is 0. The second-order valence-electron chi connectivity index (χ2n) is 5.99. The van der Waals surface area contributed by atoms with Crippen molar-refractivity contribution in [3.8, 4) is 0 Å². The minimum atomic E-state index is 0.519. The average molecular weight is 286 g/mol. The van der Waals surface area contributed by atoms with E-state index in [1.165, 1.54) is 22.3 Å². The van der Waals surface area contributed by atoms with Crippen LogP contribution in [-0.2, 0) is 12.8 Å². The molecule has 0 radical (unpaired) electrons. The summed E-state index contributed by atoms with van der Waals surface area (Å²) in [7, 11) is 0. The van der Waals surface area contributed by atoms with E-state index in [0.29, 0.717) is 5.92 Å². The lowest BCUT2D eigenvalue weighted by Gasteiger charge is -2.18. The van der Waals surface area contributed by atoms with Crippen molar-refractivity contribution in [1.82, 2.24) is 0 Å². The molecule has 0 atom stereocenters. The Bertz CT molecular complexity index is 640. The van der Waals surface area contributed by atoms with Crippen LogP contribution in [0, 0.1) is 6.92 Å². The maximum Gasteiger partial charge on any atom is -0.00810 e. The van der Waals surface area contributed by atoms with Gasteiger partial charge in [-0.05, 0) is 42.4 Å². The summed E-state index contributed by atoms with van der Waals surface area (Å²) in [4.78, 5) is 0. The van der Waals surface area contributed by atoms with Crippen LogP contribution in [0.5, 0.6) is 0 Å². The number of benzene rings is 3. The Labute approximate surface area is 133 Å². The third kappa shape index (κ3) is 3.85. The first-order valence-corrected chi connectivity index (χ1v) is 7.96. The molecule has 0 saturated heterocycles. The van der Waals surface area contributed by atoms with Gasteiger partial charge in [-0.2, -0.15) is 0 Å². The van der Waals surface area contributed by atoms with Gasteiger partial charge >= 0.3 is 0 Å². The van der Waals surface area contributed by atoms with Crippen LogP contribution in [0.25, 0.3) is 0 Å². The fraction of sp³-hybridized carbons (Fsp3) is 0.182. The van der Waals surface area contributed by atoms with Crippen molar-refractivity contribution in [3.63, 3.8) is 0 Å². The van der Waals surface area contributed by atoms with Gasteiger partial charge in [-0.15, -0.1) is 0 Å². The smallest absolute Gasteiger partial charge is 0.00810 e. The highest BCUT2D eigenvalue weighted by Crippen LogP contribution is 2.25. The fourth-order valence-electron chi connectivity index (χ4n) is 2.94. The average Bonchev–Trinajstić information content (AvgIpc) is 2.57. The molecular weight excluding hydrogens is 264 g/mol. The Morgan fingerprint density at radius 1 is 0.591 bits per heavy atom. The van der Waals surface area contributed by atoms with Crippen molar-refractivity contribution in [3.05, 3.63) is 107 Å². The van der Waals surface area contributed by atoms with E-state index in [0.717, 1.165) is 12.8 Å². The summed E-state index contributed by atoms with van der Waals surface area (Å²) in [6.45, 7) is 2.15. The highest BCUT2D eigenvalue weighted by molar-refractivity contribution is 5.29. The van der Waals surface area contributed by atoms with Gasteiger partial charge in [0.15, 0.2) is 0 Å². The Morgan fingerprint density at radius 2 is 1.05 bits per heavy atom. The van der Waals surface area contributed by atoms with E-state index < -0.39 is 0 Å². The number of aryl methyl sites for hydroxylation is 1. The van der Waals surface area contributed by atoms with Crippen LogP contribution in [0.15, 0.2) is 84.9 Å². The van der Waals surface area contributed by atoms with Crippen LogP contribution < -0.4 is 0 Å². The molecule has 3 aromatic carbocycles. The summed E-state index contributed by atoms with van der Waals surface area (Å²) in [6.07, 6.45) is 2.16. The van der Waals surface area contributed by atoms with Crippen LogP contribution in [0.1, 0.15) is 28.2 Å². The third-order valence-corrected chi connectivity index (χ3v) is 4.20. The number of hydrogen-bond acceptors (Lipinski definition) is 0. The van der Waals surface area contributed by atoms with Gasteiger partial charge in [0.1, 0.15) is 0 Å². The van der Waals surface area contributed by atoms with E-state index in [9.17, 15) is 0 Å². The number of hydrogen-bond donors (Lipinski definition) is 0. The van der Waals surface area contributed by atoms with Crippen molar-refractivity contribution in [1.29, 1.82) is 0 Å². The van der Waals surface area contributed by atoms with Crippen molar-refractivity contribution in [2.75, 3.05) is 0 Å². The molecule has 0 heteroatoms. The summed E-state index contributed by atoms with van der Waals surface area (Å²) in [5.74, 6) is 0.519. The Hall–Kier alpha value is -2.34. The van der Waals surface area contributed by atoms with Gasteiger partial charge in [-0.1, -0.05) is 90.5 Å². The molecule has 3 rings (SSSR count). The van der Waals surface area contributed by atoms with Gasteiger partial charge in [0.05, 0.1) is 0 Å². The largest absolute Gasteiger partial charge is 0.0622 e. The second kappa shape index (κ2) is 7.09. The first-order chi connectivity index (χ1) is 10.8. The summed E-state index contributed by atoms with van der Waals surface area (Å²) in [5, 5.41) is 0. The Morgan fingerprint density at radius 3 is 1.50 bits per heavy atom. The van der Waals surface area contributed by atoms with Crippen molar-refractivity contribution in [2.45, 2.75) is 25.7 Å². The molecule has 0 bridgehead atoms. The monoisotopic (exact) mass is 286 g/mol. The van der Waals surface area contributed by atoms with E-state index >= 15 is 0 Å². The van der Waals surface area contributed by atoms with Crippen LogP contribution in [0.4, 0.5) is 0 Å². The van der Waals surface area contributed by atoms with E-state index in [4.69, 9.17) is 0 Å². The van der Waals surface area contributed by atoms with Crippen molar-refractivity contribution >= 4 is 0 Å². The molecule has 0 nitrogen and oxygen atoms in total. The highest BCUT2D eigenvalue weighted by atomic mass is 14.2. The zero-order valence-electron chi connectivity index (χ0n) is 13.1. The lowest BCUT2D eigenvalue weighted by molar-refractivity contribution is 0.680. The summed E-state index contributed by atoms with van der Waals surface area (Å²) < 4.78 is 0. The molecule has 0 aliphatic rings. The highest BCUT2D eigenvalue weighted by Gasteiger charge is 2.13. The molecule has 22 heavy (non-hydrogen) atoms. The molecule has 0 spiro atoms. The van der Waals surface area contributed by atoms with Crippen molar-refractivity contribution in [2.24, 2.45) is 0 Å².